The summed E-state index contributed by atoms with van der Waals surface area (Å²) in [5.74, 6) is 0. The SMILES string of the molecule is COCCOCC(O)CN1C2CCC1CC(N)C2. The highest BCUT2D eigenvalue weighted by Gasteiger charge is 2.39. The van der Waals surface area contributed by atoms with Crippen molar-refractivity contribution in [1.29, 1.82) is 0 Å². The van der Waals surface area contributed by atoms with Gasteiger partial charge >= 0.3 is 0 Å². The van der Waals surface area contributed by atoms with Gasteiger partial charge in [-0.2, -0.15) is 0 Å². The zero-order valence-corrected chi connectivity index (χ0v) is 11.3. The van der Waals surface area contributed by atoms with Gasteiger partial charge in [-0.25, -0.2) is 0 Å². The number of aliphatic hydroxyl groups excluding tert-OH is 1. The van der Waals surface area contributed by atoms with Crippen LogP contribution in [-0.2, 0) is 9.47 Å². The second-order valence-corrected chi connectivity index (χ2v) is 5.53. The van der Waals surface area contributed by atoms with Gasteiger partial charge < -0.3 is 20.3 Å². The average Bonchev–Trinajstić information content (AvgIpc) is 2.59. The fourth-order valence-electron chi connectivity index (χ4n) is 3.27. The van der Waals surface area contributed by atoms with E-state index < -0.39 is 6.10 Å². The van der Waals surface area contributed by atoms with Crippen LogP contribution >= 0.6 is 0 Å². The van der Waals surface area contributed by atoms with Gasteiger partial charge in [-0.05, 0) is 25.7 Å². The minimum atomic E-state index is -0.403. The highest BCUT2D eigenvalue weighted by molar-refractivity contribution is 4.97. The molecule has 0 aromatic carbocycles. The van der Waals surface area contributed by atoms with Gasteiger partial charge in [-0.15, -0.1) is 0 Å². The maximum absolute atomic E-state index is 9.99. The molecule has 0 aromatic rings. The van der Waals surface area contributed by atoms with Gasteiger partial charge in [-0.1, -0.05) is 0 Å². The molecule has 5 heteroatoms. The third-order valence-electron chi connectivity index (χ3n) is 4.08. The number of nitrogens with zero attached hydrogens (tertiary/aromatic N) is 1. The molecule has 18 heavy (non-hydrogen) atoms. The minimum Gasteiger partial charge on any atom is -0.389 e. The molecule has 3 unspecified atom stereocenters. The van der Waals surface area contributed by atoms with Gasteiger partial charge in [0.15, 0.2) is 0 Å². The zero-order valence-electron chi connectivity index (χ0n) is 11.3. The molecule has 2 aliphatic heterocycles. The Morgan fingerprint density at radius 1 is 1.28 bits per heavy atom. The Morgan fingerprint density at radius 3 is 2.56 bits per heavy atom. The van der Waals surface area contributed by atoms with Crippen molar-refractivity contribution in [3.8, 4) is 0 Å². The Bertz CT molecular complexity index is 238. The van der Waals surface area contributed by atoms with Crippen LogP contribution in [0.25, 0.3) is 0 Å². The van der Waals surface area contributed by atoms with Crippen molar-refractivity contribution < 1.29 is 14.6 Å². The molecular formula is C13H26N2O3. The van der Waals surface area contributed by atoms with Crippen LogP contribution in [0.5, 0.6) is 0 Å². The molecule has 2 saturated heterocycles. The highest BCUT2D eigenvalue weighted by atomic mass is 16.5. The smallest absolute Gasteiger partial charge is 0.0900 e. The summed E-state index contributed by atoms with van der Waals surface area (Å²) in [6.07, 6.45) is 4.21. The van der Waals surface area contributed by atoms with E-state index in [0.29, 0.717) is 37.9 Å². The van der Waals surface area contributed by atoms with Crippen LogP contribution in [0.3, 0.4) is 0 Å². The molecule has 3 N–H and O–H groups in total. The standard InChI is InChI=1S/C13H26N2O3/c1-17-4-5-18-9-13(16)8-15-11-2-3-12(15)7-10(14)6-11/h10-13,16H,2-9,14H2,1H3. The van der Waals surface area contributed by atoms with Gasteiger partial charge in [0.25, 0.3) is 0 Å². The molecular weight excluding hydrogens is 232 g/mol. The predicted molar refractivity (Wildman–Crippen MR) is 69.4 cm³/mol. The maximum atomic E-state index is 9.99. The van der Waals surface area contributed by atoms with Crippen molar-refractivity contribution in [2.24, 2.45) is 5.73 Å². The fraction of sp³-hybridized carbons (Fsp3) is 1.00. The van der Waals surface area contributed by atoms with E-state index in [2.05, 4.69) is 4.90 Å². The Kier molecular flexibility index (Phi) is 5.38. The van der Waals surface area contributed by atoms with Gasteiger partial charge in [0.05, 0.1) is 25.9 Å². The van der Waals surface area contributed by atoms with Crippen LogP contribution in [0.4, 0.5) is 0 Å². The topological polar surface area (TPSA) is 68.0 Å². The molecule has 106 valence electrons. The van der Waals surface area contributed by atoms with Crippen molar-refractivity contribution >= 4 is 0 Å². The molecule has 0 radical (unpaired) electrons. The van der Waals surface area contributed by atoms with Crippen LogP contribution in [0.15, 0.2) is 0 Å². The van der Waals surface area contributed by atoms with E-state index in [0.717, 1.165) is 19.4 Å². The number of aliphatic hydroxyl groups is 1. The molecule has 0 saturated carbocycles. The van der Waals surface area contributed by atoms with Gasteiger partial charge in [0.1, 0.15) is 0 Å². The van der Waals surface area contributed by atoms with Crippen molar-refractivity contribution in [2.45, 2.75) is 49.9 Å². The summed E-state index contributed by atoms with van der Waals surface area (Å²) >= 11 is 0. The summed E-state index contributed by atoms with van der Waals surface area (Å²) in [4.78, 5) is 2.44. The molecule has 2 aliphatic rings. The molecule has 0 aromatic heterocycles. The number of piperidine rings is 1. The van der Waals surface area contributed by atoms with E-state index in [1.165, 1.54) is 12.8 Å². The summed E-state index contributed by atoms with van der Waals surface area (Å²) in [5, 5.41) is 9.99. The largest absolute Gasteiger partial charge is 0.389 e. The fourth-order valence-corrected chi connectivity index (χ4v) is 3.27. The molecule has 0 amide bonds. The first-order chi connectivity index (χ1) is 8.70. The molecule has 2 rings (SSSR count). The summed E-state index contributed by atoms with van der Waals surface area (Å²) in [5.41, 5.74) is 6.03. The normalized spacial score (nSPS) is 33.8. The van der Waals surface area contributed by atoms with Crippen LogP contribution in [-0.4, -0.2) is 67.7 Å². The van der Waals surface area contributed by atoms with Gasteiger partial charge in [0.2, 0.25) is 0 Å². The number of methoxy groups -OCH3 is 1. The van der Waals surface area contributed by atoms with Gasteiger partial charge in [-0.3, -0.25) is 4.90 Å². The number of hydrogen-bond donors (Lipinski definition) is 2. The lowest BCUT2D eigenvalue weighted by Crippen LogP contribution is -2.50. The van der Waals surface area contributed by atoms with Crippen molar-refractivity contribution in [3.63, 3.8) is 0 Å². The Hall–Kier alpha value is -0.200. The van der Waals surface area contributed by atoms with Crippen LogP contribution in [0.2, 0.25) is 0 Å². The minimum absolute atomic E-state index is 0.355. The van der Waals surface area contributed by atoms with Crippen molar-refractivity contribution in [1.82, 2.24) is 4.90 Å². The molecule has 2 bridgehead atoms. The van der Waals surface area contributed by atoms with E-state index in [1.54, 1.807) is 7.11 Å². The molecule has 2 fully saturated rings. The quantitative estimate of drug-likeness (QED) is 0.627. The molecule has 0 aliphatic carbocycles. The third-order valence-corrected chi connectivity index (χ3v) is 4.08. The summed E-state index contributed by atoms with van der Waals surface area (Å²) in [6.45, 7) is 2.24. The molecule has 2 heterocycles. The van der Waals surface area contributed by atoms with E-state index in [9.17, 15) is 5.11 Å². The number of ether oxygens (including phenoxy) is 2. The van der Waals surface area contributed by atoms with E-state index in [1.807, 2.05) is 0 Å². The van der Waals surface area contributed by atoms with Crippen molar-refractivity contribution in [2.75, 3.05) is 33.5 Å². The van der Waals surface area contributed by atoms with E-state index in [-0.39, 0.29) is 0 Å². The molecule has 5 nitrogen and oxygen atoms in total. The first-order valence-corrected chi connectivity index (χ1v) is 6.96. The predicted octanol–water partition coefficient (Wildman–Crippen LogP) is -0.0356. The molecule has 0 spiro atoms. The van der Waals surface area contributed by atoms with Crippen LogP contribution in [0.1, 0.15) is 25.7 Å². The average molecular weight is 258 g/mol. The zero-order chi connectivity index (χ0) is 13.0. The number of hydrogen-bond acceptors (Lipinski definition) is 5. The first-order valence-electron chi connectivity index (χ1n) is 6.96. The monoisotopic (exact) mass is 258 g/mol. The second-order valence-electron chi connectivity index (χ2n) is 5.53. The van der Waals surface area contributed by atoms with Crippen LogP contribution in [0, 0.1) is 0 Å². The maximum Gasteiger partial charge on any atom is 0.0900 e. The first kappa shape index (κ1) is 14.2. The number of nitrogens with two attached hydrogens (primary N) is 1. The second kappa shape index (κ2) is 6.82. The molecule has 3 atom stereocenters. The lowest BCUT2D eigenvalue weighted by molar-refractivity contribution is -0.0139. The van der Waals surface area contributed by atoms with E-state index in [4.69, 9.17) is 15.2 Å². The summed E-state index contributed by atoms with van der Waals surface area (Å²) < 4.78 is 10.3. The van der Waals surface area contributed by atoms with Crippen molar-refractivity contribution in [3.05, 3.63) is 0 Å². The van der Waals surface area contributed by atoms with Gasteiger partial charge in [0, 0.05) is 31.8 Å². The number of fused-ring (bicyclic) bond motifs is 2. The number of rotatable bonds is 7. The van der Waals surface area contributed by atoms with E-state index >= 15 is 0 Å². The van der Waals surface area contributed by atoms with Crippen LogP contribution < -0.4 is 5.73 Å². The Balaban J connectivity index is 1.69. The Morgan fingerprint density at radius 2 is 1.94 bits per heavy atom. The lowest BCUT2D eigenvalue weighted by Gasteiger charge is -2.38. The Labute approximate surface area is 109 Å². The lowest BCUT2D eigenvalue weighted by atomic mass is 9.98. The summed E-state index contributed by atoms with van der Waals surface area (Å²) in [7, 11) is 1.65. The highest BCUT2D eigenvalue weighted by Crippen LogP contribution is 2.34. The summed E-state index contributed by atoms with van der Waals surface area (Å²) in [6, 6.07) is 1.51. The third kappa shape index (κ3) is 3.65.